The largest absolute Gasteiger partial charge is 0.489 e. The summed E-state index contributed by atoms with van der Waals surface area (Å²) in [4.78, 5) is 25.3. The fraction of sp³-hybridized carbons (Fsp3) is 0.233. The fourth-order valence-corrected chi connectivity index (χ4v) is 5.27. The molecule has 39 heavy (non-hydrogen) atoms. The summed E-state index contributed by atoms with van der Waals surface area (Å²) in [6, 6.07) is 25.3. The second-order valence-corrected chi connectivity index (χ2v) is 10.6. The minimum atomic E-state index is -1.13. The molecule has 1 heterocycles. The van der Waals surface area contributed by atoms with E-state index in [1.165, 1.54) is 5.56 Å². The number of carbonyl (C=O) groups excluding carboxylic acids is 1. The van der Waals surface area contributed by atoms with Crippen LogP contribution in [-0.4, -0.2) is 53.1 Å². The van der Waals surface area contributed by atoms with E-state index >= 15 is 0 Å². The molecule has 3 aromatic rings. The maximum Gasteiger partial charge on any atom is 0.323 e. The third kappa shape index (κ3) is 7.47. The van der Waals surface area contributed by atoms with Crippen molar-refractivity contribution in [3.63, 3.8) is 0 Å². The highest BCUT2D eigenvalue weighted by atomic mass is 32.2. The Hall–Kier alpha value is -3.66. The Bertz CT molecular complexity index is 1350. The third-order valence-electron chi connectivity index (χ3n) is 6.05. The number of hydrogen-bond donors (Lipinski definition) is 1. The zero-order valence-electron chi connectivity index (χ0n) is 21.6. The number of nitrogens with zero attached hydrogens (tertiary/aromatic N) is 1. The molecule has 2 atom stereocenters. The van der Waals surface area contributed by atoms with Crippen molar-refractivity contribution in [2.75, 3.05) is 26.9 Å². The lowest BCUT2D eigenvalue weighted by Crippen LogP contribution is -2.33. The zero-order chi connectivity index (χ0) is 27.8. The number of benzene rings is 3. The van der Waals surface area contributed by atoms with Crippen LogP contribution in [0.4, 0.5) is 0 Å². The van der Waals surface area contributed by atoms with Crippen LogP contribution in [0.1, 0.15) is 35.6 Å². The highest BCUT2D eigenvalue weighted by Crippen LogP contribution is 2.37. The van der Waals surface area contributed by atoms with Crippen LogP contribution in [0, 0.1) is 0 Å². The van der Waals surface area contributed by atoms with Gasteiger partial charge in [0.05, 0.1) is 18.1 Å². The van der Waals surface area contributed by atoms with Crippen LogP contribution >= 0.6 is 24.0 Å². The Balaban J connectivity index is 1.63. The minimum absolute atomic E-state index is 0.151. The van der Waals surface area contributed by atoms with Gasteiger partial charge in [0.1, 0.15) is 17.0 Å². The van der Waals surface area contributed by atoms with Crippen LogP contribution in [0.2, 0.25) is 0 Å². The number of aliphatic carboxylic acids is 1. The predicted molar refractivity (Wildman–Crippen MR) is 156 cm³/mol. The van der Waals surface area contributed by atoms with Gasteiger partial charge in [-0.15, -0.1) is 0 Å². The van der Waals surface area contributed by atoms with E-state index in [0.717, 1.165) is 22.2 Å². The number of carboxylic acid groups (broad SMARTS) is 1. The van der Waals surface area contributed by atoms with Gasteiger partial charge in [-0.2, -0.15) is 0 Å². The molecule has 0 spiro atoms. The minimum Gasteiger partial charge on any atom is -0.489 e. The summed E-state index contributed by atoms with van der Waals surface area (Å²) >= 11 is 6.29. The molecule has 0 aliphatic carbocycles. The molecule has 3 aromatic carbocycles. The van der Waals surface area contributed by atoms with Crippen LogP contribution in [0.3, 0.4) is 0 Å². The summed E-state index contributed by atoms with van der Waals surface area (Å²) in [5.41, 5.74) is 2.80. The first-order valence-corrected chi connectivity index (χ1v) is 13.6. The highest BCUT2D eigenvalue weighted by molar-refractivity contribution is 8.26. The standard InChI is InChI=1S/C30H29NO6S2/c1-20(22-9-5-3-6-10-22)18-36-24-14-13-21(16-27-29(34)31(17-28(32)33)30(38)39-27)15-25(24)37-26(19-35-2)23-11-7-4-8-12-23/h3-16,20,26H,17-19H2,1-2H3,(H,32,33). The molecule has 0 bridgehead atoms. The quantitative estimate of drug-likeness (QED) is 0.215. The summed E-state index contributed by atoms with van der Waals surface area (Å²) in [5.74, 6) is -0.354. The maximum absolute atomic E-state index is 12.8. The first-order valence-electron chi connectivity index (χ1n) is 12.3. The molecule has 0 radical (unpaired) electrons. The number of carbonyl (C=O) groups is 2. The van der Waals surface area contributed by atoms with Crippen LogP contribution < -0.4 is 9.47 Å². The molecule has 1 aliphatic rings. The Labute approximate surface area is 237 Å². The van der Waals surface area contributed by atoms with E-state index in [2.05, 4.69) is 19.1 Å². The number of thioether (sulfide) groups is 1. The van der Waals surface area contributed by atoms with Crippen LogP contribution in [0.25, 0.3) is 6.08 Å². The van der Waals surface area contributed by atoms with E-state index in [1.807, 2.05) is 60.7 Å². The van der Waals surface area contributed by atoms with Crippen molar-refractivity contribution in [3.8, 4) is 11.5 Å². The van der Waals surface area contributed by atoms with E-state index in [-0.39, 0.29) is 10.2 Å². The molecule has 1 aliphatic heterocycles. The average molecular weight is 564 g/mol. The summed E-state index contributed by atoms with van der Waals surface area (Å²) in [6.07, 6.45) is 1.28. The van der Waals surface area contributed by atoms with Crippen molar-refractivity contribution in [1.82, 2.24) is 4.90 Å². The summed E-state index contributed by atoms with van der Waals surface area (Å²) in [7, 11) is 1.62. The molecular weight excluding hydrogens is 534 g/mol. The number of hydrogen-bond acceptors (Lipinski definition) is 7. The molecule has 1 fully saturated rings. The van der Waals surface area contributed by atoms with Crippen molar-refractivity contribution < 1.29 is 28.9 Å². The van der Waals surface area contributed by atoms with E-state index < -0.39 is 24.5 Å². The van der Waals surface area contributed by atoms with Gasteiger partial charge in [-0.1, -0.05) is 97.6 Å². The van der Waals surface area contributed by atoms with E-state index in [9.17, 15) is 9.59 Å². The van der Waals surface area contributed by atoms with Crippen molar-refractivity contribution in [2.45, 2.75) is 18.9 Å². The number of carboxylic acids is 1. The van der Waals surface area contributed by atoms with Gasteiger partial charge in [-0.25, -0.2) is 0 Å². The Morgan fingerprint density at radius 2 is 1.67 bits per heavy atom. The van der Waals surface area contributed by atoms with Crippen LogP contribution in [0.5, 0.6) is 11.5 Å². The molecule has 2 unspecified atom stereocenters. The molecule has 202 valence electrons. The van der Waals surface area contributed by atoms with Crippen LogP contribution in [0.15, 0.2) is 83.8 Å². The van der Waals surface area contributed by atoms with Crippen molar-refractivity contribution in [2.24, 2.45) is 0 Å². The third-order valence-corrected chi connectivity index (χ3v) is 7.43. The number of rotatable bonds is 12. The van der Waals surface area contributed by atoms with Crippen molar-refractivity contribution in [1.29, 1.82) is 0 Å². The van der Waals surface area contributed by atoms with Gasteiger partial charge in [-0.3, -0.25) is 14.5 Å². The van der Waals surface area contributed by atoms with Gasteiger partial charge in [0.15, 0.2) is 11.5 Å². The monoisotopic (exact) mass is 563 g/mol. The fourth-order valence-electron chi connectivity index (χ4n) is 4.01. The van der Waals surface area contributed by atoms with E-state index in [4.69, 9.17) is 31.5 Å². The lowest BCUT2D eigenvalue weighted by Gasteiger charge is -2.22. The smallest absolute Gasteiger partial charge is 0.323 e. The number of amides is 1. The molecule has 1 N–H and O–H groups in total. The lowest BCUT2D eigenvalue weighted by atomic mass is 10.0. The van der Waals surface area contributed by atoms with Gasteiger partial charge in [-0.05, 0) is 34.9 Å². The number of ether oxygens (including phenoxy) is 3. The highest BCUT2D eigenvalue weighted by Gasteiger charge is 2.33. The molecule has 7 nitrogen and oxygen atoms in total. The number of thiocarbonyl (C=S) groups is 1. The molecule has 0 saturated carbocycles. The van der Waals surface area contributed by atoms with Gasteiger partial charge in [0, 0.05) is 13.0 Å². The molecule has 0 aromatic heterocycles. The van der Waals surface area contributed by atoms with E-state index in [0.29, 0.717) is 35.2 Å². The first-order chi connectivity index (χ1) is 18.9. The Morgan fingerprint density at radius 3 is 2.31 bits per heavy atom. The maximum atomic E-state index is 12.8. The Morgan fingerprint density at radius 1 is 1.00 bits per heavy atom. The molecule has 9 heteroatoms. The van der Waals surface area contributed by atoms with Crippen molar-refractivity contribution in [3.05, 3.63) is 100 Å². The normalized spacial score (nSPS) is 15.8. The summed E-state index contributed by atoms with van der Waals surface area (Å²) in [6.45, 7) is 2.38. The van der Waals surface area contributed by atoms with E-state index in [1.54, 1.807) is 19.3 Å². The zero-order valence-corrected chi connectivity index (χ0v) is 23.2. The lowest BCUT2D eigenvalue weighted by molar-refractivity contribution is -0.140. The van der Waals surface area contributed by atoms with Gasteiger partial charge in [0.25, 0.3) is 5.91 Å². The molecule has 4 rings (SSSR count). The van der Waals surface area contributed by atoms with Crippen LogP contribution in [-0.2, 0) is 14.3 Å². The SMILES string of the molecule is COCC(Oc1cc(C=C2SC(=S)N(CC(=O)O)C2=O)ccc1OCC(C)c1ccccc1)c1ccccc1. The predicted octanol–water partition coefficient (Wildman–Crippen LogP) is 5.92. The van der Waals surface area contributed by atoms with Crippen molar-refractivity contribution >= 4 is 46.3 Å². The first kappa shape index (κ1) is 28.4. The molecule has 1 amide bonds. The second-order valence-electron chi connectivity index (χ2n) is 8.96. The second kappa shape index (κ2) is 13.4. The van der Waals surface area contributed by atoms with Gasteiger partial charge < -0.3 is 19.3 Å². The molecular formula is C30H29NO6S2. The summed E-state index contributed by atoms with van der Waals surface area (Å²) in [5, 5.41) is 9.11. The average Bonchev–Trinajstić information content (AvgIpc) is 3.20. The molecule has 1 saturated heterocycles. The summed E-state index contributed by atoms with van der Waals surface area (Å²) < 4.78 is 18.3. The number of methoxy groups -OCH3 is 1. The van der Waals surface area contributed by atoms with Gasteiger partial charge >= 0.3 is 5.97 Å². The Kier molecular flexibility index (Phi) is 9.75. The van der Waals surface area contributed by atoms with Gasteiger partial charge in [0.2, 0.25) is 0 Å². The topological polar surface area (TPSA) is 85.3 Å².